The van der Waals surface area contributed by atoms with Crippen molar-refractivity contribution in [3.05, 3.63) is 0 Å². The Kier molecular flexibility index (Phi) is 58.6. The first kappa shape index (κ1) is 82.1. The minimum Gasteiger partial charge on any atom is -0.462 e. The minimum atomic E-state index is -4.94. The van der Waals surface area contributed by atoms with E-state index in [1.165, 1.54) is 141 Å². The van der Waals surface area contributed by atoms with Crippen LogP contribution >= 0.6 is 15.6 Å². The quantitative estimate of drug-likeness (QED) is 0.0222. The Labute approximate surface area is 511 Å². The first-order valence-corrected chi connectivity index (χ1v) is 37.3. The van der Waals surface area contributed by atoms with Gasteiger partial charge in [0, 0.05) is 25.7 Å². The van der Waals surface area contributed by atoms with Crippen LogP contribution in [0.4, 0.5) is 0 Å². The summed E-state index contributed by atoms with van der Waals surface area (Å²) in [6, 6.07) is 0. The van der Waals surface area contributed by atoms with Gasteiger partial charge in [0.15, 0.2) is 12.2 Å². The van der Waals surface area contributed by atoms with E-state index in [2.05, 4.69) is 27.7 Å². The standard InChI is InChI=1S/C65H126O17P2/c1-5-9-13-17-21-23-25-27-29-31-33-35-39-42-46-50-63(68)76-56-60(81-64(69)51-47-43-38-20-16-12-8-4)57-79-83(71,72)77-53-59(66)54-78-84(73,74)80-58-61(55-75-62(67)49-45-41-37-19-15-11-7-3)82-65(70)52-48-44-40-36-34-32-30-28-26-24-22-18-14-10-6-2/h59-61,66H,5-58H2,1-4H3,(H,71,72)(H,73,74)/t59-,60+,61+/m0/s1. The van der Waals surface area contributed by atoms with E-state index in [-0.39, 0.29) is 25.7 Å². The zero-order valence-electron chi connectivity index (χ0n) is 53.9. The SMILES string of the molecule is CCCCCCCCCCCCCCCCCC(=O)OC[C@H](COP(=O)(O)OC[C@H](O)COP(=O)(O)OC[C@@H](COC(=O)CCCCCCCCC)OC(=O)CCCCCCCCCCCCCCCCC)OC(=O)CCCCCCCCC. The molecule has 2 unspecified atom stereocenters. The second-order valence-electron chi connectivity index (χ2n) is 23.5. The van der Waals surface area contributed by atoms with Gasteiger partial charge in [-0.1, -0.05) is 285 Å². The van der Waals surface area contributed by atoms with E-state index in [1.54, 1.807) is 0 Å². The van der Waals surface area contributed by atoms with Crippen LogP contribution in [0.3, 0.4) is 0 Å². The molecule has 0 saturated heterocycles. The third-order valence-electron chi connectivity index (χ3n) is 15.1. The molecule has 0 radical (unpaired) electrons. The number of aliphatic hydroxyl groups is 1. The number of phosphoric acid groups is 2. The number of unbranched alkanes of at least 4 members (excludes halogenated alkanes) is 40. The molecular formula is C65H126O17P2. The first-order valence-electron chi connectivity index (χ1n) is 34.3. The fourth-order valence-electron chi connectivity index (χ4n) is 9.81. The van der Waals surface area contributed by atoms with Crippen LogP contribution in [0.1, 0.15) is 336 Å². The highest BCUT2D eigenvalue weighted by molar-refractivity contribution is 7.47. The molecule has 0 aromatic rings. The largest absolute Gasteiger partial charge is 0.472 e. The lowest BCUT2D eigenvalue weighted by Crippen LogP contribution is -2.30. The predicted octanol–water partition coefficient (Wildman–Crippen LogP) is 18.3. The molecule has 0 amide bonds. The second-order valence-corrected chi connectivity index (χ2v) is 26.4. The Morgan fingerprint density at radius 2 is 0.476 bits per heavy atom. The molecule has 498 valence electrons. The fourth-order valence-corrected chi connectivity index (χ4v) is 11.4. The van der Waals surface area contributed by atoms with E-state index in [0.29, 0.717) is 25.7 Å². The van der Waals surface area contributed by atoms with Gasteiger partial charge in [0.1, 0.15) is 19.3 Å². The highest BCUT2D eigenvalue weighted by Gasteiger charge is 2.30. The number of carbonyl (C=O) groups excluding carboxylic acids is 4. The molecule has 0 rings (SSSR count). The number of ether oxygens (including phenoxy) is 4. The summed E-state index contributed by atoms with van der Waals surface area (Å²) in [6.45, 7) is 4.83. The summed E-state index contributed by atoms with van der Waals surface area (Å²) in [5.74, 6) is -2.14. The van der Waals surface area contributed by atoms with Crippen molar-refractivity contribution in [1.29, 1.82) is 0 Å². The van der Waals surface area contributed by atoms with Gasteiger partial charge >= 0.3 is 39.5 Å². The highest BCUT2D eigenvalue weighted by atomic mass is 31.2. The Balaban J connectivity index is 5.10. The van der Waals surface area contributed by atoms with Crippen molar-refractivity contribution in [2.75, 3.05) is 39.6 Å². The number of phosphoric ester groups is 2. The van der Waals surface area contributed by atoms with Crippen molar-refractivity contribution in [3.8, 4) is 0 Å². The predicted molar refractivity (Wildman–Crippen MR) is 335 cm³/mol. The van der Waals surface area contributed by atoms with Gasteiger partial charge in [-0.3, -0.25) is 37.3 Å². The van der Waals surface area contributed by atoms with E-state index >= 15 is 0 Å². The average molecular weight is 1240 g/mol. The molecule has 5 atom stereocenters. The molecule has 0 aliphatic rings. The Morgan fingerprint density at radius 1 is 0.286 bits per heavy atom. The van der Waals surface area contributed by atoms with Crippen molar-refractivity contribution < 1.29 is 80.2 Å². The molecular weight excluding hydrogens is 1110 g/mol. The molecule has 19 heteroatoms. The molecule has 0 aromatic heterocycles. The van der Waals surface area contributed by atoms with Crippen molar-refractivity contribution in [3.63, 3.8) is 0 Å². The number of aliphatic hydroxyl groups excluding tert-OH is 1. The van der Waals surface area contributed by atoms with Gasteiger partial charge in [-0.2, -0.15) is 0 Å². The molecule has 0 spiro atoms. The lowest BCUT2D eigenvalue weighted by atomic mass is 10.0. The average Bonchev–Trinajstić information content (AvgIpc) is 3.51. The highest BCUT2D eigenvalue weighted by Crippen LogP contribution is 2.45. The van der Waals surface area contributed by atoms with E-state index in [1.807, 2.05) is 0 Å². The smallest absolute Gasteiger partial charge is 0.462 e. The number of hydrogen-bond donors (Lipinski definition) is 3. The summed E-state index contributed by atoms with van der Waals surface area (Å²) in [4.78, 5) is 72.0. The zero-order valence-corrected chi connectivity index (χ0v) is 55.7. The fraction of sp³-hybridized carbons (Fsp3) is 0.938. The molecule has 0 aromatic carbocycles. The Morgan fingerprint density at radius 3 is 0.702 bits per heavy atom. The molecule has 0 saturated carbocycles. The summed E-state index contributed by atoms with van der Waals surface area (Å²) in [7, 11) is -9.88. The van der Waals surface area contributed by atoms with E-state index < -0.39 is 97.5 Å². The van der Waals surface area contributed by atoms with Crippen molar-refractivity contribution in [2.24, 2.45) is 0 Å². The zero-order chi connectivity index (χ0) is 61.9. The molecule has 3 N–H and O–H groups in total. The van der Waals surface area contributed by atoms with Crippen LogP contribution in [0.15, 0.2) is 0 Å². The van der Waals surface area contributed by atoms with Gasteiger partial charge in [-0.15, -0.1) is 0 Å². The lowest BCUT2D eigenvalue weighted by Gasteiger charge is -2.21. The number of rotatable bonds is 66. The van der Waals surface area contributed by atoms with Gasteiger partial charge in [-0.25, -0.2) is 9.13 Å². The van der Waals surface area contributed by atoms with Crippen LogP contribution in [-0.4, -0.2) is 96.7 Å². The van der Waals surface area contributed by atoms with Gasteiger partial charge < -0.3 is 33.8 Å². The molecule has 84 heavy (non-hydrogen) atoms. The van der Waals surface area contributed by atoms with Crippen LogP contribution in [-0.2, 0) is 65.4 Å². The maximum absolute atomic E-state index is 12.9. The van der Waals surface area contributed by atoms with Crippen molar-refractivity contribution in [2.45, 2.75) is 354 Å². The van der Waals surface area contributed by atoms with Crippen LogP contribution < -0.4 is 0 Å². The maximum Gasteiger partial charge on any atom is 0.472 e. The van der Waals surface area contributed by atoms with Gasteiger partial charge in [0.25, 0.3) is 0 Å². The van der Waals surface area contributed by atoms with Crippen LogP contribution in [0, 0.1) is 0 Å². The summed E-state index contributed by atoms with van der Waals surface area (Å²) < 4.78 is 67.9. The normalized spacial score (nSPS) is 14.1. The maximum atomic E-state index is 12.9. The monoisotopic (exact) mass is 1240 g/mol. The molecule has 0 bridgehead atoms. The van der Waals surface area contributed by atoms with Gasteiger partial charge in [0.2, 0.25) is 0 Å². The number of hydrogen-bond acceptors (Lipinski definition) is 15. The molecule has 0 fully saturated rings. The van der Waals surface area contributed by atoms with Gasteiger partial charge in [0.05, 0.1) is 26.4 Å². The molecule has 0 heterocycles. The van der Waals surface area contributed by atoms with E-state index in [4.69, 9.17) is 37.0 Å². The number of carbonyl (C=O) groups is 4. The van der Waals surface area contributed by atoms with E-state index in [0.717, 1.165) is 116 Å². The third-order valence-corrected chi connectivity index (χ3v) is 17.0. The minimum absolute atomic E-state index is 0.105. The van der Waals surface area contributed by atoms with Crippen LogP contribution in [0.25, 0.3) is 0 Å². The van der Waals surface area contributed by atoms with Gasteiger partial charge in [-0.05, 0) is 25.7 Å². The molecule has 0 aliphatic carbocycles. The summed E-state index contributed by atoms with van der Waals surface area (Å²) >= 11 is 0. The Bertz CT molecular complexity index is 1620. The lowest BCUT2D eigenvalue weighted by molar-refractivity contribution is -0.161. The summed E-state index contributed by atoms with van der Waals surface area (Å²) in [6.07, 6.45) is 46.0. The van der Waals surface area contributed by atoms with Crippen LogP contribution in [0.2, 0.25) is 0 Å². The van der Waals surface area contributed by atoms with Crippen LogP contribution in [0.5, 0.6) is 0 Å². The van der Waals surface area contributed by atoms with Crippen molar-refractivity contribution >= 4 is 39.5 Å². The molecule has 17 nitrogen and oxygen atoms in total. The topological polar surface area (TPSA) is 237 Å². The van der Waals surface area contributed by atoms with E-state index in [9.17, 15) is 43.2 Å². The first-order chi connectivity index (χ1) is 40.7. The molecule has 0 aliphatic heterocycles. The van der Waals surface area contributed by atoms with Crippen molar-refractivity contribution in [1.82, 2.24) is 0 Å². The summed E-state index contributed by atoms with van der Waals surface area (Å²) in [5, 5.41) is 10.5. The summed E-state index contributed by atoms with van der Waals surface area (Å²) in [5.41, 5.74) is 0. The Hall–Kier alpha value is -1.94. The number of esters is 4. The third kappa shape index (κ3) is 59.0. The second kappa shape index (κ2) is 60.0.